The molecule has 0 aliphatic heterocycles. The maximum atomic E-state index is 14.2. The van der Waals surface area contributed by atoms with Crippen LogP contribution in [0.2, 0.25) is 15.1 Å². The van der Waals surface area contributed by atoms with E-state index in [0.717, 1.165) is 132 Å². The Balaban J connectivity index is 0.000000162. The van der Waals surface area contributed by atoms with E-state index in [1.54, 1.807) is 55.0 Å². The first kappa shape index (κ1) is 95.9. The third-order valence-corrected chi connectivity index (χ3v) is 22.7. The summed E-state index contributed by atoms with van der Waals surface area (Å²) in [7, 11) is 0. The average Bonchev–Trinajstić information content (AvgIpc) is 1.76. The maximum Gasteiger partial charge on any atom is 0.307 e. The molecule has 0 bridgehead atoms. The topological polar surface area (TPSA) is 215 Å². The number of benzene rings is 9. The van der Waals surface area contributed by atoms with Crippen molar-refractivity contribution < 1.29 is 64.9 Å². The van der Waals surface area contributed by atoms with Gasteiger partial charge in [-0.25, -0.2) is 26.3 Å². The van der Waals surface area contributed by atoms with Crippen LogP contribution in [0.3, 0.4) is 0 Å². The third-order valence-electron chi connectivity index (χ3n) is 21.9. The van der Waals surface area contributed by atoms with E-state index in [-0.39, 0.29) is 87.2 Å². The predicted molar refractivity (Wildman–Crippen MR) is 498 cm³/mol. The summed E-state index contributed by atoms with van der Waals surface area (Å²) in [5.74, 6) is -5.89. The molecule has 129 heavy (non-hydrogen) atoms. The van der Waals surface area contributed by atoms with E-state index in [2.05, 4.69) is 51.4 Å². The number of hydrogen-bond acceptors (Lipinski definition) is 12. The van der Waals surface area contributed by atoms with Gasteiger partial charge in [0, 0.05) is 125 Å². The van der Waals surface area contributed by atoms with Gasteiger partial charge in [0.25, 0.3) is 0 Å². The largest absolute Gasteiger partial charge is 0.481 e. The number of carboxylic acid groups (broad SMARTS) is 1. The summed E-state index contributed by atoms with van der Waals surface area (Å²) in [4.78, 5) is 75.9. The monoisotopic (exact) mass is 1800 g/mol. The molecule has 0 spiro atoms. The SMILES string of the molecule is CC(C)(C)OC(=O)CCc1ccc2c(c1)C(CC(=O)C[C@@H](Cc1cc(F)cc(F)c1)c1ncccc1-c1ccc(Cl)cc1)=CC2.CC(C)(C)OC(=O)CCc1ccc2c(c1)C(CC(=O)O)=CC2.NCc1ccc2c(c1)C(CC(=O)C[C@@H](Cc1cc(F)cc(F)c1)c1ncccc1-c1ccc(Cl)cc1)=CC2.N[C@@H](Cc1cc(F)cc(F)c1)c1ncccc1-c1ccc(Cl)cc1. The molecule has 15 rings (SSSR count). The Bertz CT molecular complexity index is 6110. The summed E-state index contributed by atoms with van der Waals surface area (Å²) in [5, 5.41) is 10.8. The van der Waals surface area contributed by atoms with Gasteiger partial charge in [-0.05, 0) is 290 Å². The molecular weight excluding hydrogens is 1700 g/mol. The second-order valence-electron chi connectivity index (χ2n) is 34.3. The standard InChI is InChI=1S/C38H36ClF2NO3.C32H27ClF2N2O.C19H15ClF2N2.C18H22O4/c1-38(2,3)45-36(44)15-7-24-6-8-27-9-10-28(35(27)20-24)21-33(43)22-29(17-25-18-31(40)23-32(41)19-25)37-34(5-4-16-42-37)26-11-13-30(39)14-12-26;33-26-9-7-22(8-10-26)30-2-1-11-37-32(30)25(12-21-13-27(34)18-28(35)14-21)17-29(38)16-24-6-5-23-4-3-20(19-36)15-31(23)24;20-14-5-3-13(4-6-14)17-2-1-7-24-19(17)18(23)10-12-8-15(21)11-16(22)9-12;1-18(2,3)22-17(21)9-5-12-4-6-13-7-8-14(11-16(19)20)15(13)10-12/h4-6,8,10-14,16,18-20,23,29H,7,9,15,17,21-22H2,1-3H3;1-4,6-11,13-15,18,25H,5,12,16-17,19,36H2;1-9,11,18H,10,23H2;4,6,8,10H,5,7,9,11H2,1-3H3,(H,19,20)/t29-;25-;18-;/m110./s1. The highest BCUT2D eigenvalue weighted by atomic mass is 35.5. The number of carbonyl (C=O) groups excluding carboxylic acids is 4. The van der Waals surface area contributed by atoms with Crippen molar-refractivity contribution >= 4 is 81.0 Å². The van der Waals surface area contributed by atoms with Gasteiger partial charge in [-0.15, -0.1) is 0 Å². The summed E-state index contributed by atoms with van der Waals surface area (Å²) < 4.78 is 93.9. The number of nitrogens with zero attached hydrogens (tertiary/aromatic N) is 3. The van der Waals surface area contributed by atoms with Crippen LogP contribution in [0.25, 0.3) is 50.1 Å². The quantitative estimate of drug-likeness (QED) is 0.0294. The lowest BCUT2D eigenvalue weighted by molar-refractivity contribution is -0.155. The number of ether oxygens (including phenoxy) is 2. The van der Waals surface area contributed by atoms with Gasteiger partial charge in [0.1, 0.15) is 57.7 Å². The van der Waals surface area contributed by atoms with Gasteiger partial charge in [-0.2, -0.15) is 0 Å². The molecule has 13 nitrogen and oxygen atoms in total. The predicted octanol–water partition coefficient (Wildman–Crippen LogP) is 25.0. The molecule has 0 saturated heterocycles. The molecule has 3 atom stereocenters. The molecule has 0 fully saturated rings. The second kappa shape index (κ2) is 44.2. The minimum atomic E-state index is -0.821. The molecule has 3 heterocycles. The smallest absolute Gasteiger partial charge is 0.307 e. The van der Waals surface area contributed by atoms with E-state index in [1.807, 2.05) is 151 Å². The Labute approximate surface area is 763 Å². The number of Topliss-reactive ketones (excluding diaryl/α,β-unsaturated/α-hetero) is 2. The molecule has 3 aliphatic rings. The lowest BCUT2D eigenvalue weighted by Crippen LogP contribution is -2.24. The Hall–Kier alpha value is -12.2. The number of esters is 2. The first-order valence-corrected chi connectivity index (χ1v) is 43.8. The normalized spacial score (nSPS) is 13.1. The van der Waals surface area contributed by atoms with Crippen LogP contribution in [0, 0.1) is 34.9 Å². The van der Waals surface area contributed by atoms with Crippen LogP contribution in [0.1, 0.15) is 188 Å². The summed E-state index contributed by atoms with van der Waals surface area (Å²) in [5.41, 5.74) is 32.3. The molecule has 12 aromatic rings. The molecule has 9 aromatic carbocycles. The van der Waals surface area contributed by atoms with Crippen molar-refractivity contribution in [3.05, 3.63) is 389 Å². The Morgan fingerprint density at radius 3 is 1.03 bits per heavy atom. The molecule has 5 N–H and O–H groups in total. The molecule has 664 valence electrons. The number of rotatable bonds is 29. The number of aryl methyl sites for hydroxylation is 2. The fraction of sp³-hybridized carbons (Fsp3) is 0.252. The first-order valence-electron chi connectivity index (χ1n) is 42.7. The third kappa shape index (κ3) is 28.1. The van der Waals surface area contributed by atoms with E-state index in [9.17, 15) is 50.3 Å². The molecular formula is C107H100Cl3F6N5O8. The van der Waals surface area contributed by atoms with Crippen molar-refractivity contribution in [1.82, 2.24) is 15.0 Å². The van der Waals surface area contributed by atoms with Crippen molar-refractivity contribution in [1.29, 1.82) is 0 Å². The van der Waals surface area contributed by atoms with Crippen LogP contribution >= 0.6 is 34.8 Å². The number of carbonyl (C=O) groups is 5. The van der Waals surface area contributed by atoms with E-state index in [4.69, 9.17) is 60.9 Å². The number of fused-ring (bicyclic) bond motifs is 3. The molecule has 0 saturated carbocycles. The summed E-state index contributed by atoms with van der Waals surface area (Å²) in [6.45, 7) is 11.5. The summed E-state index contributed by atoms with van der Waals surface area (Å²) >= 11 is 18.2. The van der Waals surface area contributed by atoms with Crippen molar-refractivity contribution in [3.8, 4) is 33.4 Å². The average molecular weight is 1800 g/mol. The lowest BCUT2D eigenvalue weighted by Gasteiger charge is -2.20. The van der Waals surface area contributed by atoms with Crippen LogP contribution < -0.4 is 11.5 Å². The number of nitrogens with two attached hydrogens (primary N) is 2. The van der Waals surface area contributed by atoms with Gasteiger partial charge in [0.15, 0.2) is 0 Å². The second-order valence-corrected chi connectivity index (χ2v) is 35.6. The van der Waals surface area contributed by atoms with Gasteiger partial charge in [0.05, 0.1) is 29.5 Å². The number of hydrogen-bond donors (Lipinski definition) is 3. The summed E-state index contributed by atoms with van der Waals surface area (Å²) in [6.07, 6.45) is 16.9. The molecule has 3 aliphatic carbocycles. The van der Waals surface area contributed by atoms with Crippen LogP contribution in [0.5, 0.6) is 0 Å². The van der Waals surface area contributed by atoms with E-state index >= 15 is 0 Å². The summed E-state index contributed by atoms with van der Waals surface area (Å²) in [6, 6.07) is 61.6. The number of pyridine rings is 3. The highest BCUT2D eigenvalue weighted by molar-refractivity contribution is 6.31. The van der Waals surface area contributed by atoms with Crippen LogP contribution in [0.4, 0.5) is 26.3 Å². The molecule has 22 heteroatoms. The van der Waals surface area contributed by atoms with E-state index in [0.29, 0.717) is 74.6 Å². The van der Waals surface area contributed by atoms with E-state index in [1.165, 1.54) is 42.0 Å². The molecule has 3 aromatic heterocycles. The van der Waals surface area contributed by atoms with Gasteiger partial charge in [-0.3, -0.25) is 38.9 Å². The number of carboxylic acids is 1. The molecule has 0 amide bonds. The number of halogens is 9. The van der Waals surface area contributed by atoms with Crippen LogP contribution in [-0.2, 0) is 91.4 Å². The molecule has 0 radical (unpaired) electrons. The zero-order valence-electron chi connectivity index (χ0n) is 72.5. The number of aliphatic carboxylic acids is 1. The van der Waals surface area contributed by atoms with Crippen LogP contribution in [0.15, 0.2) is 255 Å². The highest BCUT2D eigenvalue weighted by Gasteiger charge is 2.29. The van der Waals surface area contributed by atoms with Crippen molar-refractivity contribution in [2.24, 2.45) is 11.5 Å². The fourth-order valence-corrected chi connectivity index (χ4v) is 16.7. The highest BCUT2D eigenvalue weighted by Crippen LogP contribution is 2.41. The number of allylic oxidation sites excluding steroid dienone is 5. The minimum Gasteiger partial charge on any atom is -0.481 e. The minimum absolute atomic E-state index is 0.00263. The molecule has 0 unspecified atom stereocenters. The zero-order chi connectivity index (χ0) is 92.2. The Morgan fingerprint density at radius 1 is 0.388 bits per heavy atom. The number of aromatic nitrogens is 3. The van der Waals surface area contributed by atoms with Crippen molar-refractivity contribution in [3.63, 3.8) is 0 Å². The van der Waals surface area contributed by atoms with Crippen molar-refractivity contribution in [2.45, 2.75) is 173 Å². The fourth-order valence-electron chi connectivity index (χ4n) is 16.3. The lowest BCUT2D eigenvalue weighted by atomic mass is 9.85. The van der Waals surface area contributed by atoms with Gasteiger partial charge in [-0.1, -0.05) is 156 Å². The first-order chi connectivity index (χ1) is 61.6. The Kier molecular flexibility index (Phi) is 32.8. The van der Waals surface area contributed by atoms with Crippen molar-refractivity contribution in [2.75, 3.05) is 0 Å². The van der Waals surface area contributed by atoms with Gasteiger partial charge in [0.2, 0.25) is 0 Å². The zero-order valence-corrected chi connectivity index (χ0v) is 74.8. The Morgan fingerprint density at radius 2 is 0.698 bits per heavy atom. The maximum absolute atomic E-state index is 14.2. The van der Waals surface area contributed by atoms with Gasteiger partial charge < -0.3 is 26.0 Å². The van der Waals surface area contributed by atoms with Gasteiger partial charge >= 0.3 is 17.9 Å². The number of ketones is 2. The van der Waals surface area contributed by atoms with Crippen LogP contribution in [-0.4, -0.2) is 60.7 Å². The van der Waals surface area contributed by atoms with E-state index < -0.39 is 64.0 Å².